The van der Waals surface area contributed by atoms with Crippen molar-refractivity contribution in [3.05, 3.63) is 51.9 Å². The van der Waals surface area contributed by atoms with Gasteiger partial charge in [0, 0.05) is 25.0 Å². The van der Waals surface area contributed by atoms with Crippen molar-refractivity contribution in [2.24, 2.45) is 5.92 Å². The third-order valence-corrected chi connectivity index (χ3v) is 6.67. The number of nitrogens with zero attached hydrogens (tertiary/aromatic N) is 3. The van der Waals surface area contributed by atoms with E-state index in [2.05, 4.69) is 17.2 Å². The topological polar surface area (TPSA) is 66.0 Å². The van der Waals surface area contributed by atoms with Gasteiger partial charge in [0.25, 0.3) is 5.56 Å². The lowest BCUT2D eigenvalue weighted by molar-refractivity contribution is -0.146. The molecule has 0 unspecified atom stereocenters. The van der Waals surface area contributed by atoms with Crippen LogP contribution in [0.2, 0.25) is 0 Å². The average molecular weight is 445 g/mol. The van der Waals surface area contributed by atoms with Gasteiger partial charge in [-0.05, 0) is 48.1 Å². The molecule has 2 aliphatic rings. The highest BCUT2D eigenvalue weighted by molar-refractivity contribution is 5.91. The number of rotatable bonds is 4. The first-order chi connectivity index (χ1) is 15.3. The highest BCUT2D eigenvalue weighted by Crippen LogP contribution is 2.37. The molecule has 32 heavy (non-hydrogen) atoms. The summed E-state index contributed by atoms with van der Waals surface area (Å²) in [6, 6.07) is 7.66. The fourth-order valence-corrected chi connectivity index (χ4v) is 5.14. The Morgan fingerprint density at radius 3 is 2.72 bits per heavy atom. The SMILES string of the molecule is C[C@H]1CCCC[C@@H]1n1nc(Nc2ccc3c(c2)CN(CC(F)(F)F)C3)c2c(=O)[nH]ccc21. The first-order valence-corrected chi connectivity index (χ1v) is 11.1. The van der Waals surface area contributed by atoms with Crippen molar-refractivity contribution in [1.82, 2.24) is 19.7 Å². The summed E-state index contributed by atoms with van der Waals surface area (Å²) in [6.45, 7) is 1.84. The minimum atomic E-state index is -4.22. The van der Waals surface area contributed by atoms with Crippen LogP contribution in [0.1, 0.15) is 49.8 Å². The van der Waals surface area contributed by atoms with E-state index in [1.807, 2.05) is 28.9 Å². The van der Waals surface area contributed by atoms with E-state index in [0.717, 1.165) is 35.9 Å². The molecule has 170 valence electrons. The van der Waals surface area contributed by atoms with Crippen LogP contribution >= 0.6 is 0 Å². The number of halogens is 3. The molecule has 0 amide bonds. The maximum absolute atomic E-state index is 12.8. The minimum absolute atomic E-state index is 0.211. The third kappa shape index (κ3) is 4.01. The van der Waals surface area contributed by atoms with Crippen molar-refractivity contribution in [3.63, 3.8) is 0 Å². The van der Waals surface area contributed by atoms with E-state index >= 15 is 0 Å². The molecule has 3 heterocycles. The lowest BCUT2D eigenvalue weighted by atomic mass is 9.86. The molecule has 0 bridgehead atoms. The number of hydrogen-bond acceptors (Lipinski definition) is 4. The van der Waals surface area contributed by atoms with Gasteiger partial charge < -0.3 is 10.3 Å². The van der Waals surface area contributed by atoms with Crippen molar-refractivity contribution < 1.29 is 13.2 Å². The third-order valence-electron chi connectivity index (χ3n) is 6.67. The van der Waals surface area contributed by atoms with Gasteiger partial charge in [-0.15, -0.1) is 0 Å². The average Bonchev–Trinajstić information content (AvgIpc) is 3.28. The summed E-state index contributed by atoms with van der Waals surface area (Å²) < 4.78 is 40.3. The monoisotopic (exact) mass is 445 g/mol. The van der Waals surface area contributed by atoms with Crippen LogP contribution in [-0.2, 0) is 13.1 Å². The summed E-state index contributed by atoms with van der Waals surface area (Å²) in [4.78, 5) is 16.8. The second kappa shape index (κ2) is 7.95. The predicted molar refractivity (Wildman–Crippen MR) is 117 cm³/mol. The van der Waals surface area contributed by atoms with Crippen LogP contribution < -0.4 is 10.9 Å². The molecule has 2 aromatic heterocycles. The molecule has 0 saturated heterocycles. The molecule has 1 saturated carbocycles. The molecule has 1 fully saturated rings. The fourth-order valence-electron chi connectivity index (χ4n) is 5.14. The number of aromatic amines is 1. The van der Waals surface area contributed by atoms with E-state index in [9.17, 15) is 18.0 Å². The molecule has 0 spiro atoms. The second-order valence-electron chi connectivity index (χ2n) is 9.06. The highest BCUT2D eigenvalue weighted by Gasteiger charge is 2.33. The zero-order chi connectivity index (χ0) is 22.5. The standard InChI is InChI=1S/C23H26F3N5O/c1-14-4-2-3-5-18(14)31-19-8-9-27-22(32)20(19)21(29-31)28-17-7-6-15-11-30(12-16(15)10-17)13-23(24,25)26/h6-10,14,18H,2-5,11-13H2,1H3,(H,27,32)(H,28,29)/t14-,18-/m0/s1. The van der Waals surface area contributed by atoms with E-state index in [4.69, 9.17) is 5.10 Å². The number of alkyl halides is 3. The van der Waals surface area contributed by atoms with Crippen LogP contribution in [0.3, 0.4) is 0 Å². The van der Waals surface area contributed by atoms with Gasteiger partial charge in [-0.25, -0.2) is 0 Å². The number of H-pyrrole nitrogens is 1. The van der Waals surface area contributed by atoms with Gasteiger partial charge >= 0.3 is 6.18 Å². The maximum atomic E-state index is 12.8. The first-order valence-electron chi connectivity index (χ1n) is 11.1. The number of fused-ring (bicyclic) bond motifs is 2. The molecule has 1 aliphatic carbocycles. The van der Waals surface area contributed by atoms with Crippen molar-refractivity contribution in [1.29, 1.82) is 0 Å². The Labute approximate surface area is 183 Å². The summed E-state index contributed by atoms with van der Waals surface area (Å²) in [5.41, 5.74) is 3.05. The first kappa shape index (κ1) is 21.1. The minimum Gasteiger partial charge on any atom is -0.338 e. The van der Waals surface area contributed by atoms with Gasteiger partial charge in [-0.2, -0.15) is 18.3 Å². The van der Waals surface area contributed by atoms with E-state index in [1.54, 1.807) is 6.20 Å². The van der Waals surface area contributed by atoms with E-state index in [-0.39, 0.29) is 24.7 Å². The number of aromatic nitrogens is 3. The fraction of sp³-hybridized carbons (Fsp3) is 0.478. The maximum Gasteiger partial charge on any atom is 0.401 e. The lowest BCUT2D eigenvalue weighted by Crippen LogP contribution is -2.29. The number of benzene rings is 1. The summed E-state index contributed by atoms with van der Waals surface area (Å²) in [6.07, 6.45) is 1.94. The number of nitrogens with one attached hydrogen (secondary N) is 2. The van der Waals surface area contributed by atoms with Crippen LogP contribution in [0.4, 0.5) is 24.7 Å². The van der Waals surface area contributed by atoms with Crippen molar-refractivity contribution >= 4 is 22.4 Å². The van der Waals surface area contributed by atoms with Crippen LogP contribution in [0, 0.1) is 5.92 Å². The van der Waals surface area contributed by atoms with Gasteiger partial charge in [-0.3, -0.25) is 14.4 Å². The summed E-state index contributed by atoms with van der Waals surface area (Å²) in [5.74, 6) is 0.948. The molecule has 1 aliphatic heterocycles. The lowest BCUT2D eigenvalue weighted by Gasteiger charge is -2.29. The van der Waals surface area contributed by atoms with Crippen molar-refractivity contribution in [3.8, 4) is 0 Å². The van der Waals surface area contributed by atoms with Crippen LogP contribution in [0.5, 0.6) is 0 Å². The van der Waals surface area contributed by atoms with Crippen molar-refractivity contribution in [2.45, 2.75) is 57.9 Å². The summed E-state index contributed by atoms with van der Waals surface area (Å²) in [7, 11) is 0. The van der Waals surface area contributed by atoms with Crippen molar-refractivity contribution in [2.75, 3.05) is 11.9 Å². The summed E-state index contributed by atoms with van der Waals surface area (Å²) >= 11 is 0. The van der Waals surface area contributed by atoms with Gasteiger partial charge in [0.2, 0.25) is 0 Å². The molecule has 0 radical (unpaired) electrons. The van der Waals surface area contributed by atoms with E-state index < -0.39 is 12.7 Å². The normalized spacial score (nSPS) is 21.8. The zero-order valence-corrected chi connectivity index (χ0v) is 17.9. The molecular weight excluding hydrogens is 419 g/mol. The summed E-state index contributed by atoms with van der Waals surface area (Å²) in [5, 5.41) is 8.57. The van der Waals surface area contributed by atoms with Gasteiger partial charge in [0.15, 0.2) is 5.82 Å². The molecule has 1 aromatic carbocycles. The molecule has 2 N–H and O–H groups in total. The Morgan fingerprint density at radius 2 is 1.94 bits per heavy atom. The Hall–Kier alpha value is -2.81. The molecule has 3 aromatic rings. The van der Waals surface area contributed by atoms with Gasteiger partial charge in [-0.1, -0.05) is 25.8 Å². The largest absolute Gasteiger partial charge is 0.401 e. The highest BCUT2D eigenvalue weighted by atomic mass is 19.4. The number of pyridine rings is 1. The molecule has 2 atom stereocenters. The van der Waals surface area contributed by atoms with E-state index in [1.165, 1.54) is 11.3 Å². The van der Waals surface area contributed by atoms with Crippen LogP contribution in [0.25, 0.3) is 10.9 Å². The number of anilines is 2. The van der Waals surface area contributed by atoms with Crippen LogP contribution in [-0.4, -0.2) is 32.4 Å². The zero-order valence-electron chi connectivity index (χ0n) is 17.9. The Bertz CT molecular complexity index is 1200. The molecule has 6 nitrogen and oxygen atoms in total. The quantitative estimate of drug-likeness (QED) is 0.587. The molecular formula is C23H26F3N5O. The van der Waals surface area contributed by atoms with E-state index in [0.29, 0.717) is 22.8 Å². The smallest absolute Gasteiger partial charge is 0.338 e. The Kier molecular flexibility index (Phi) is 5.23. The molecule has 5 rings (SSSR count). The Morgan fingerprint density at radius 1 is 1.16 bits per heavy atom. The second-order valence-corrected chi connectivity index (χ2v) is 9.06. The predicted octanol–water partition coefficient (Wildman–Crippen LogP) is 5.10. The van der Waals surface area contributed by atoms with Gasteiger partial charge in [0.1, 0.15) is 5.39 Å². The Balaban J connectivity index is 1.46. The number of hydrogen-bond donors (Lipinski definition) is 2. The van der Waals surface area contributed by atoms with Crippen LogP contribution in [0.15, 0.2) is 35.3 Å². The molecule has 9 heteroatoms. The van der Waals surface area contributed by atoms with Gasteiger partial charge in [0.05, 0.1) is 18.1 Å².